The van der Waals surface area contributed by atoms with Gasteiger partial charge >= 0.3 is 0 Å². The van der Waals surface area contributed by atoms with Crippen molar-refractivity contribution in [1.82, 2.24) is 5.32 Å². The molecule has 3 rings (SSSR count). The van der Waals surface area contributed by atoms with Crippen molar-refractivity contribution in [2.24, 2.45) is 5.41 Å². The summed E-state index contributed by atoms with van der Waals surface area (Å²) in [6, 6.07) is 2.01. The van der Waals surface area contributed by atoms with E-state index < -0.39 is 0 Å². The minimum Gasteiger partial charge on any atom is -0.472 e. The normalized spacial score (nSPS) is 26.5. The summed E-state index contributed by atoms with van der Waals surface area (Å²) < 4.78 is 10.3. The number of carbonyl (C=O) groups excluding carboxylic acids is 1. The predicted molar refractivity (Wildman–Crippen MR) is 61.7 cm³/mol. The Labute approximate surface area is 100 Å². The summed E-state index contributed by atoms with van der Waals surface area (Å²) in [6.07, 6.45) is 7.47. The number of nitrogens with one attached hydrogen (secondary N) is 1. The van der Waals surface area contributed by atoms with Gasteiger partial charge in [0.25, 0.3) is 5.91 Å². The van der Waals surface area contributed by atoms with Crippen LogP contribution < -0.4 is 5.32 Å². The fraction of sp³-hybridized carbons (Fsp3) is 0.615. The molecule has 1 aliphatic heterocycles. The molecule has 1 spiro atoms. The van der Waals surface area contributed by atoms with Gasteiger partial charge in [0.15, 0.2) is 0 Å². The topological polar surface area (TPSA) is 51.5 Å². The number of carbonyl (C=O) groups is 1. The monoisotopic (exact) mass is 235 g/mol. The van der Waals surface area contributed by atoms with Crippen molar-refractivity contribution in [3.8, 4) is 0 Å². The minimum absolute atomic E-state index is 0.0192. The molecule has 1 aromatic heterocycles. The molecule has 0 aromatic carbocycles. The van der Waals surface area contributed by atoms with Crippen LogP contribution >= 0.6 is 0 Å². The third-order valence-corrected chi connectivity index (χ3v) is 4.25. The van der Waals surface area contributed by atoms with Gasteiger partial charge in [0.1, 0.15) is 6.26 Å². The minimum atomic E-state index is -0.0192. The predicted octanol–water partition coefficient (Wildman–Crippen LogP) is 1.97. The molecule has 4 nitrogen and oxygen atoms in total. The molecule has 1 aliphatic carbocycles. The zero-order valence-corrected chi connectivity index (χ0v) is 9.78. The maximum absolute atomic E-state index is 11.9. The molecule has 1 N–H and O–H groups in total. The third-order valence-electron chi connectivity index (χ3n) is 4.25. The van der Waals surface area contributed by atoms with E-state index in [0.29, 0.717) is 17.0 Å². The number of furan rings is 1. The quantitative estimate of drug-likeness (QED) is 0.852. The zero-order chi connectivity index (χ0) is 11.7. The molecule has 1 saturated carbocycles. The van der Waals surface area contributed by atoms with E-state index in [1.54, 1.807) is 6.07 Å². The highest BCUT2D eigenvalue weighted by atomic mass is 16.5. The van der Waals surface area contributed by atoms with Crippen LogP contribution in [0.5, 0.6) is 0 Å². The smallest absolute Gasteiger partial charge is 0.254 e. The first-order valence-corrected chi connectivity index (χ1v) is 6.21. The van der Waals surface area contributed by atoms with Crippen LogP contribution in [0, 0.1) is 5.41 Å². The first-order valence-electron chi connectivity index (χ1n) is 6.21. The van der Waals surface area contributed by atoms with Crippen LogP contribution in [0.15, 0.2) is 23.0 Å². The van der Waals surface area contributed by atoms with Crippen molar-refractivity contribution < 1.29 is 13.9 Å². The van der Waals surface area contributed by atoms with E-state index in [-0.39, 0.29) is 5.91 Å². The summed E-state index contributed by atoms with van der Waals surface area (Å²) >= 11 is 0. The maximum atomic E-state index is 11.9. The molecule has 1 amide bonds. The molecule has 1 saturated heterocycles. The molecule has 2 aliphatic rings. The Morgan fingerprint density at radius 3 is 2.76 bits per heavy atom. The molecule has 1 aromatic rings. The van der Waals surface area contributed by atoms with E-state index in [0.717, 1.165) is 32.5 Å². The largest absolute Gasteiger partial charge is 0.472 e. The van der Waals surface area contributed by atoms with E-state index in [2.05, 4.69) is 5.32 Å². The van der Waals surface area contributed by atoms with Crippen LogP contribution in [-0.2, 0) is 4.74 Å². The maximum Gasteiger partial charge on any atom is 0.254 e. The van der Waals surface area contributed by atoms with Gasteiger partial charge in [0.2, 0.25) is 0 Å². The van der Waals surface area contributed by atoms with Crippen LogP contribution in [0.3, 0.4) is 0 Å². The summed E-state index contributed by atoms with van der Waals surface area (Å²) in [5, 5.41) is 3.12. The summed E-state index contributed by atoms with van der Waals surface area (Å²) in [6.45, 7) is 1.66. The van der Waals surface area contributed by atoms with Crippen LogP contribution in [0.4, 0.5) is 0 Å². The number of ether oxygens (including phenoxy) is 1. The third kappa shape index (κ3) is 1.86. The number of hydrogen-bond donors (Lipinski definition) is 1. The Kier molecular flexibility index (Phi) is 2.67. The Morgan fingerprint density at radius 1 is 1.35 bits per heavy atom. The molecule has 0 radical (unpaired) electrons. The highest BCUT2D eigenvalue weighted by Crippen LogP contribution is 2.48. The second kappa shape index (κ2) is 4.18. The number of hydrogen-bond acceptors (Lipinski definition) is 3. The van der Waals surface area contributed by atoms with Gasteiger partial charge in [-0.05, 0) is 37.2 Å². The zero-order valence-electron chi connectivity index (χ0n) is 9.78. The standard InChI is InChI=1S/C13H17NO3/c15-12(10-2-6-17-9-10)14-11-1-3-13(11)4-7-16-8-5-13/h2,6,9,11H,1,3-5,7-8H2,(H,14,15). The van der Waals surface area contributed by atoms with Crippen molar-refractivity contribution in [2.45, 2.75) is 31.7 Å². The molecule has 17 heavy (non-hydrogen) atoms. The summed E-state index contributed by atoms with van der Waals surface area (Å²) in [5.74, 6) is -0.0192. The lowest BCUT2D eigenvalue weighted by molar-refractivity contribution is -0.0523. The molecular weight excluding hydrogens is 218 g/mol. The van der Waals surface area contributed by atoms with Crippen molar-refractivity contribution in [3.63, 3.8) is 0 Å². The second-order valence-corrected chi connectivity index (χ2v) is 5.05. The lowest BCUT2D eigenvalue weighted by atomic mass is 9.60. The van der Waals surface area contributed by atoms with Gasteiger partial charge in [-0.3, -0.25) is 4.79 Å². The van der Waals surface area contributed by atoms with Crippen LogP contribution in [0.1, 0.15) is 36.0 Å². The van der Waals surface area contributed by atoms with Crippen LogP contribution in [-0.4, -0.2) is 25.2 Å². The van der Waals surface area contributed by atoms with E-state index in [1.807, 2.05) is 0 Å². The van der Waals surface area contributed by atoms with Gasteiger partial charge in [0.05, 0.1) is 11.8 Å². The fourth-order valence-electron chi connectivity index (χ4n) is 2.93. The first kappa shape index (κ1) is 10.8. The van der Waals surface area contributed by atoms with E-state index in [4.69, 9.17) is 9.15 Å². The Bertz CT molecular complexity index is 393. The van der Waals surface area contributed by atoms with Crippen molar-refractivity contribution in [3.05, 3.63) is 24.2 Å². The summed E-state index contributed by atoms with van der Waals surface area (Å²) in [7, 11) is 0. The van der Waals surface area contributed by atoms with E-state index in [1.165, 1.54) is 18.9 Å². The molecule has 4 heteroatoms. The SMILES string of the molecule is O=C(NC1CCC12CCOCC2)c1ccoc1. The van der Waals surface area contributed by atoms with Gasteiger partial charge in [-0.25, -0.2) is 0 Å². The molecule has 0 bridgehead atoms. The Hall–Kier alpha value is -1.29. The summed E-state index contributed by atoms with van der Waals surface area (Å²) in [5.41, 5.74) is 0.914. The molecule has 1 atom stereocenters. The van der Waals surface area contributed by atoms with Gasteiger partial charge in [-0.1, -0.05) is 0 Å². The van der Waals surface area contributed by atoms with Crippen molar-refractivity contribution >= 4 is 5.91 Å². The van der Waals surface area contributed by atoms with Crippen LogP contribution in [0.25, 0.3) is 0 Å². The lowest BCUT2D eigenvalue weighted by Crippen LogP contribution is -2.57. The van der Waals surface area contributed by atoms with Crippen molar-refractivity contribution in [1.29, 1.82) is 0 Å². The molecular formula is C13H17NO3. The van der Waals surface area contributed by atoms with E-state index >= 15 is 0 Å². The molecule has 92 valence electrons. The Balaban J connectivity index is 1.64. The average Bonchev–Trinajstić information content (AvgIpc) is 2.89. The molecule has 1 unspecified atom stereocenters. The average molecular weight is 235 g/mol. The lowest BCUT2D eigenvalue weighted by Gasteiger charge is -2.52. The molecule has 2 heterocycles. The Morgan fingerprint density at radius 2 is 2.18 bits per heavy atom. The van der Waals surface area contributed by atoms with Crippen LogP contribution in [0.2, 0.25) is 0 Å². The van der Waals surface area contributed by atoms with Gasteiger partial charge in [0, 0.05) is 19.3 Å². The van der Waals surface area contributed by atoms with Gasteiger partial charge in [-0.15, -0.1) is 0 Å². The first-order chi connectivity index (χ1) is 8.30. The van der Waals surface area contributed by atoms with Gasteiger partial charge in [-0.2, -0.15) is 0 Å². The van der Waals surface area contributed by atoms with Gasteiger partial charge < -0.3 is 14.5 Å². The summed E-state index contributed by atoms with van der Waals surface area (Å²) in [4.78, 5) is 11.9. The highest BCUT2D eigenvalue weighted by Gasteiger charge is 2.47. The van der Waals surface area contributed by atoms with E-state index in [9.17, 15) is 4.79 Å². The highest BCUT2D eigenvalue weighted by molar-refractivity contribution is 5.94. The molecule has 2 fully saturated rings. The number of rotatable bonds is 2. The number of amides is 1. The van der Waals surface area contributed by atoms with Crippen molar-refractivity contribution in [2.75, 3.05) is 13.2 Å². The second-order valence-electron chi connectivity index (χ2n) is 5.05. The fourth-order valence-corrected chi connectivity index (χ4v) is 2.93.